The van der Waals surface area contributed by atoms with E-state index in [1.807, 2.05) is 13.8 Å². The molecule has 0 unspecified atom stereocenters. The van der Waals surface area contributed by atoms with E-state index < -0.39 is 0 Å². The van der Waals surface area contributed by atoms with Crippen molar-refractivity contribution < 1.29 is 0 Å². The van der Waals surface area contributed by atoms with E-state index in [1.54, 1.807) is 0 Å². The van der Waals surface area contributed by atoms with Crippen molar-refractivity contribution in [2.45, 2.75) is 40.2 Å². The molecule has 0 aliphatic heterocycles. The van der Waals surface area contributed by atoms with E-state index in [9.17, 15) is 0 Å². The average molecular weight is 209 g/mol. The van der Waals surface area contributed by atoms with Gasteiger partial charge in [0.15, 0.2) is 0 Å². The third kappa shape index (κ3) is 2.79. The largest absolute Gasteiger partial charge is 0.368 e. The molecule has 1 aromatic heterocycles. The van der Waals surface area contributed by atoms with Gasteiger partial charge in [-0.05, 0) is 20.8 Å². The first-order valence-corrected chi connectivity index (χ1v) is 5.19. The van der Waals surface area contributed by atoms with Crippen LogP contribution < -0.4 is 16.6 Å². The fourth-order valence-corrected chi connectivity index (χ4v) is 1.28. The quantitative estimate of drug-likeness (QED) is 0.517. The molecule has 0 bridgehead atoms. The molecule has 5 nitrogen and oxygen atoms in total. The number of aromatic nitrogens is 2. The van der Waals surface area contributed by atoms with Crippen LogP contribution in [-0.2, 0) is 6.42 Å². The summed E-state index contributed by atoms with van der Waals surface area (Å²) in [6.07, 6.45) is 0.793. The maximum Gasteiger partial charge on any atom is 0.148 e. The molecule has 0 aliphatic rings. The summed E-state index contributed by atoms with van der Waals surface area (Å²) in [6, 6.07) is 0.342. The SMILES string of the molecule is CCc1nc(NN)c(C)c(NC(C)C)n1. The number of nitrogens with zero attached hydrogens (tertiary/aromatic N) is 2. The second-order valence-corrected chi connectivity index (χ2v) is 3.76. The first kappa shape index (κ1) is 11.7. The van der Waals surface area contributed by atoms with E-state index >= 15 is 0 Å². The normalized spacial score (nSPS) is 10.5. The molecule has 0 amide bonds. The van der Waals surface area contributed by atoms with Gasteiger partial charge in [0, 0.05) is 18.0 Å². The van der Waals surface area contributed by atoms with Gasteiger partial charge >= 0.3 is 0 Å². The second kappa shape index (κ2) is 4.93. The molecule has 5 heteroatoms. The van der Waals surface area contributed by atoms with Crippen molar-refractivity contribution in [2.75, 3.05) is 10.7 Å². The van der Waals surface area contributed by atoms with Crippen LogP contribution in [0.15, 0.2) is 0 Å². The van der Waals surface area contributed by atoms with Crippen LogP contribution in [0.1, 0.15) is 32.2 Å². The maximum atomic E-state index is 5.41. The second-order valence-electron chi connectivity index (χ2n) is 3.76. The summed E-state index contributed by atoms with van der Waals surface area (Å²) in [5, 5.41) is 3.28. The standard InChI is InChI=1S/C10H19N5/c1-5-8-13-9(12-6(2)3)7(4)10(14-8)15-11/h6H,5,11H2,1-4H3,(H2,12,13,14,15). The maximum absolute atomic E-state index is 5.41. The molecule has 0 saturated carbocycles. The number of hydrazine groups is 1. The Morgan fingerprint density at radius 2 is 1.87 bits per heavy atom. The number of nitrogens with one attached hydrogen (secondary N) is 2. The Morgan fingerprint density at radius 1 is 1.27 bits per heavy atom. The van der Waals surface area contributed by atoms with Crippen LogP contribution in [-0.4, -0.2) is 16.0 Å². The Bertz CT molecular complexity index is 335. The highest BCUT2D eigenvalue weighted by molar-refractivity contribution is 5.56. The third-order valence-electron chi connectivity index (χ3n) is 2.07. The fourth-order valence-electron chi connectivity index (χ4n) is 1.28. The lowest BCUT2D eigenvalue weighted by atomic mass is 10.2. The van der Waals surface area contributed by atoms with Crippen LogP contribution in [0.2, 0.25) is 0 Å². The molecule has 0 aliphatic carbocycles. The number of hydrogen-bond donors (Lipinski definition) is 3. The first-order valence-electron chi connectivity index (χ1n) is 5.19. The summed E-state index contributed by atoms with van der Waals surface area (Å²) >= 11 is 0. The van der Waals surface area contributed by atoms with Crippen LogP contribution in [0.5, 0.6) is 0 Å². The molecular weight excluding hydrogens is 190 g/mol. The molecule has 0 saturated heterocycles. The van der Waals surface area contributed by atoms with Gasteiger partial charge in [0.2, 0.25) is 0 Å². The van der Waals surface area contributed by atoms with E-state index in [0.29, 0.717) is 11.9 Å². The first-order chi connectivity index (χ1) is 7.08. The van der Waals surface area contributed by atoms with Crippen LogP contribution in [0.3, 0.4) is 0 Å². The Morgan fingerprint density at radius 3 is 2.33 bits per heavy atom. The monoisotopic (exact) mass is 209 g/mol. The minimum atomic E-state index is 0.342. The minimum Gasteiger partial charge on any atom is -0.368 e. The molecule has 1 heterocycles. The Hall–Kier alpha value is -1.36. The number of aryl methyl sites for hydroxylation is 1. The summed E-state index contributed by atoms with van der Waals surface area (Å²) in [7, 11) is 0. The molecule has 1 aromatic rings. The topological polar surface area (TPSA) is 75.9 Å². The van der Waals surface area contributed by atoms with Crippen molar-refractivity contribution in [3.8, 4) is 0 Å². The fraction of sp³-hybridized carbons (Fsp3) is 0.600. The third-order valence-corrected chi connectivity index (χ3v) is 2.07. The van der Waals surface area contributed by atoms with E-state index in [2.05, 4.69) is 34.6 Å². The lowest BCUT2D eigenvalue weighted by Gasteiger charge is -2.15. The van der Waals surface area contributed by atoms with Crippen molar-refractivity contribution in [2.24, 2.45) is 5.84 Å². The summed E-state index contributed by atoms with van der Waals surface area (Å²) in [6.45, 7) is 8.11. The van der Waals surface area contributed by atoms with Crippen molar-refractivity contribution in [1.82, 2.24) is 9.97 Å². The smallest absolute Gasteiger partial charge is 0.148 e. The van der Waals surface area contributed by atoms with Gasteiger partial charge in [-0.15, -0.1) is 0 Å². The highest BCUT2D eigenvalue weighted by atomic mass is 15.3. The lowest BCUT2D eigenvalue weighted by molar-refractivity contribution is 0.862. The van der Waals surface area contributed by atoms with Gasteiger partial charge in [0.1, 0.15) is 17.5 Å². The summed E-state index contributed by atoms with van der Waals surface area (Å²) < 4.78 is 0. The number of nitrogen functional groups attached to an aromatic ring is 1. The van der Waals surface area contributed by atoms with Gasteiger partial charge in [-0.25, -0.2) is 15.8 Å². The molecular formula is C10H19N5. The molecule has 4 N–H and O–H groups in total. The molecule has 0 fully saturated rings. The Labute approximate surface area is 90.5 Å². The van der Waals surface area contributed by atoms with Crippen molar-refractivity contribution >= 4 is 11.6 Å². The minimum absolute atomic E-state index is 0.342. The highest BCUT2D eigenvalue weighted by Crippen LogP contribution is 2.19. The summed E-state index contributed by atoms with van der Waals surface area (Å²) in [5.41, 5.74) is 3.54. The lowest BCUT2D eigenvalue weighted by Crippen LogP contribution is -2.17. The molecule has 15 heavy (non-hydrogen) atoms. The van der Waals surface area contributed by atoms with Gasteiger partial charge in [-0.3, -0.25) is 0 Å². The predicted molar refractivity (Wildman–Crippen MR) is 62.7 cm³/mol. The van der Waals surface area contributed by atoms with E-state index in [-0.39, 0.29) is 0 Å². The number of anilines is 2. The number of rotatable bonds is 4. The Balaban J connectivity index is 3.12. The van der Waals surface area contributed by atoms with Crippen molar-refractivity contribution in [3.63, 3.8) is 0 Å². The van der Waals surface area contributed by atoms with Gasteiger partial charge in [-0.1, -0.05) is 6.92 Å². The van der Waals surface area contributed by atoms with Crippen LogP contribution in [0, 0.1) is 6.92 Å². The summed E-state index contributed by atoms with van der Waals surface area (Å²) in [5.74, 6) is 7.73. The van der Waals surface area contributed by atoms with Gasteiger partial charge < -0.3 is 10.7 Å². The zero-order chi connectivity index (χ0) is 11.4. The molecule has 0 radical (unpaired) electrons. The molecule has 1 rings (SSSR count). The predicted octanol–water partition coefficient (Wildman–Crippen LogP) is 1.45. The van der Waals surface area contributed by atoms with E-state index in [4.69, 9.17) is 5.84 Å². The zero-order valence-corrected chi connectivity index (χ0v) is 9.76. The van der Waals surface area contributed by atoms with Crippen LogP contribution in [0.25, 0.3) is 0 Å². The summed E-state index contributed by atoms with van der Waals surface area (Å²) in [4.78, 5) is 8.71. The molecule has 84 valence electrons. The van der Waals surface area contributed by atoms with E-state index in [1.165, 1.54) is 0 Å². The van der Waals surface area contributed by atoms with Crippen LogP contribution in [0.4, 0.5) is 11.6 Å². The zero-order valence-electron chi connectivity index (χ0n) is 9.76. The van der Waals surface area contributed by atoms with Crippen molar-refractivity contribution in [1.29, 1.82) is 0 Å². The number of hydrogen-bond acceptors (Lipinski definition) is 5. The van der Waals surface area contributed by atoms with Crippen molar-refractivity contribution in [3.05, 3.63) is 11.4 Å². The van der Waals surface area contributed by atoms with Gasteiger partial charge in [-0.2, -0.15) is 0 Å². The molecule has 0 atom stereocenters. The van der Waals surface area contributed by atoms with Crippen LogP contribution >= 0.6 is 0 Å². The number of nitrogens with two attached hydrogens (primary N) is 1. The molecule has 0 aromatic carbocycles. The van der Waals surface area contributed by atoms with E-state index in [0.717, 1.165) is 23.6 Å². The Kier molecular flexibility index (Phi) is 3.85. The van der Waals surface area contributed by atoms with Gasteiger partial charge in [0.25, 0.3) is 0 Å². The average Bonchev–Trinajstić information content (AvgIpc) is 2.20. The molecule has 0 spiro atoms. The van der Waals surface area contributed by atoms with Gasteiger partial charge in [0.05, 0.1) is 0 Å². The highest BCUT2D eigenvalue weighted by Gasteiger charge is 2.09.